The van der Waals surface area contributed by atoms with Crippen molar-refractivity contribution >= 4 is 27.7 Å². The monoisotopic (exact) mass is 298 g/mol. The summed E-state index contributed by atoms with van der Waals surface area (Å²) in [4.78, 5) is 0. The van der Waals surface area contributed by atoms with E-state index >= 15 is 0 Å². The van der Waals surface area contributed by atoms with Crippen LogP contribution in [-0.2, 0) is 11.5 Å². The molecule has 5 heteroatoms. The second kappa shape index (κ2) is 5.50. The molecule has 0 aliphatic heterocycles. The lowest BCUT2D eigenvalue weighted by Gasteiger charge is -1.99. The fraction of sp³-hybridized carbons (Fsp3) is 0.273. The Morgan fingerprint density at radius 3 is 2.56 bits per heavy atom. The smallest absolute Gasteiger partial charge is 0.226 e. The standard InChI is InChI=1S/C11H11BrN2OS/c1-8-13-14-11(15-8)7-16-6-9-2-4-10(12)5-3-9/h2-5H,6-7H2,1H3. The minimum Gasteiger partial charge on any atom is -0.425 e. The maximum Gasteiger partial charge on any atom is 0.226 e. The molecule has 1 heterocycles. The highest BCUT2D eigenvalue weighted by Gasteiger charge is 2.02. The van der Waals surface area contributed by atoms with Gasteiger partial charge in [0.05, 0.1) is 5.75 Å². The van der Waals surface area contributed by atoms with Gasteiger partial charge >= 0.3 is 0 Å². The van der Waals surface area contributed by atoms with E-state index in [1.165, 1.54) is 5.56 Å². The molecular formula is C11H11BrN2OS. The van der Waals surface area contributed by atoms with Crippen LogP contribution in [-0.4, -0.2) is 10.2 Å². The van der Waals surface area contributed by atoms with E-state index in [-0.39, 0.29) is 0 Å². The maximum atomic E-state index is 5.29. The highest BCUT2D eigenvalue weighted by molar-refractivity contribution is 9.10. The van der Waals surface area contributed by atoms with Gasteiger partial charge in [-0.15, -0.1) is 22.0 Å². The number of hydrogen-bond donors (Lipinski definition) is 0. The Labute approximate surface area is 107 Å². The first kappa shape index (κ1) is 11.7. The number of thioether (sulfide) groups is 1. The third kappa shape index (κ3) is 3.35. The Balaban J connectivity index is 1.82. The van der Waals surface area contributed by atoms with Crippen LogP contribution in [0.2, 0.25) is 0 Å². The fourth-order valence-corrected chi connectivity index (χ4v) is 2.32. The molecule has 0 fully saturated rings. The SMILES string of the molecule is Cc1nnc(CSCc2ccc(Br)cc2)o1. The van der Waals surface area contributed by atoms with Crippen LogP contribution in [0.1, 0.15) is 17.3 Å². The van der Waals surface area contributed by atoms with Crippen LogP contribution < -0.4 is 0 Å². The second-order valence-electron chi connectivity index (χ2n) is 3.33. The third-order valence-electron chi connectivity index (χ3n) is 1.98. The highest BCUT2D eigenvalue weighted by atomic mass is 79.9. The summed E-state index contributed by atoms with van der Waals surface area (Å²) in [6.07, 6.45) is 0. The van der Waals surface area contributed by atoms with E-state index in [2.05, 4.69) is 38.3 Å². The zero-order valence-electron chi connectivity index (χ0n) is 8.81. The molecule has 16 heavy (non-hydrogen) atoms. The maximum absolute atomic E-state index is 5.29. The molecule has 0 aliphatic rings. The Hall–Kier alpha value is -0.810. The quantitative estimate of drug-likeness (QED) is 0.865. The third-order valence-corrected chi connectivity index (χ3v) is 3.49. The number of nitrogens with zero attached hydrogens (tertiary/aromatic N) is 2. The van der Waals surface area contributed by atoms with Gasteiger partial charge in [-0.2, -0.15) is 0 Å². The van der Waals surface area contributed by atoms with Crippen molar-refractivity contribution in [1.82, 2.24) is 10.2 Å². The largest absolute Gasteiger partial charge is 0.425 e. The molecule has 0 N–H and O–H groups in total. The summed E-state index contributed by atoms with van der Waals surface area (Å²) in [5, 5.41) is 7.73. The molecule has 0 saturated carbocycles. The number of aryl methyl sites for hydroxylation is 1. The number of benzene rings is 1. The van der Waals surface area contributed by atoms with Crippen molar-refractivity contribution in [3.05, 3.63) is 46.1 Å². The topological polar surface area (TPSA) is 38.9 Å². The van der Waals surface area contributed by atoms with Gasteiger partial charge in [0, 0.05) is 17.1 Å². The van der Waals surface area contributed by atoms with Crippen LogP contribution in [0.3, 0.4) is 0 Å². The summed E-state index contributed by atoms with van der Waals surface area (Å²) >= 11 is 5.18. The van der Waals surface area contributed by atoms with Gasteiger partial charge in [0.15, 0.2) is 0 Å². The minimum absolute atomic E-state index is 0.624. The van der Waals surface area contributed by atoms with E-state index in [0.717, 1.165) is 16.0 Å². The first-order valence-electron chi connectivity index (χ1n) is 4.85. The summed E-state index contributed by atoms with van der Waals surface area (Å²) in [7, 11) is 0. The summed E-state index contributed by atoms with van der Waals surface area (Å²) < 4.78 is 6.40. The van der Waals surface area contributed by atoms with Gasteiger partial charge < -0.3 is 4.42 Å². The number of halogens is 1. The van der Waals surface area contributed by atoms with Gasteiger partial charge in [-0.25, -0.2) is 0 Å². The van der Waals surface area contributed by atoms with Crippen LogP contribution in [0.25, 0.3) is 0 Å². The molecule has 0 bridgehead atoms. The minimum atomic E-state index is 0.624. The lowest BCUT2D eigenvalue weighted by atomic mass is 10.2. The van der Waals surface area contributed by atoms with E-state index < -0.39 is 0 Å². The van der Waals surface area contributed by atoms with Crippen molar-refractivity contribution < 1.29 is 4.42 Å². The van der Waals surface area contributed by atoms with E-state index in [1.807, 2.05) is 12.1 Å². The lowest BCUT2D eigenvalue weighted by Crippen LogP contribution is -1.83. The van der Waals surface area contributed by atoms with Gasteiger partial charge in [-0.3, -0.25) is 0 Å². The molecule has 0 amide bonds. The predicted molar refractivity (Wildman–Crippen MR) is 68.2 cm³/mol. The van der Waals surface area contributed by atoms with Crippen LogP contribution in [0, 0.1) is 6.92 Å². The molecule has 2 aromatic rings. The van der Waals surface area contributed by atoms with E-state index in [0.29, 0.717) is 11.8 Å². The Bertz CT molecular complexity index is 455. The van der Waals surface area contributed by atoms with E-state index in [9.17, 15) is 0 Å². The molecule has 84 valence electrons. The van der Waals surface area contributed by atoms with Crippen LogP contribution in [0.4, 0.5) is 0 Å². The lowest BCUT2D eigenvalue weighted by molar-refractivity contribution is 0.485. The van der Waals surface area contributed by atoms with Crippen molar-refractivity contribution in [2.24, 2.45) is 0 Å². The van der Waals surface area contributed by atoms with Crippen molar-refractivity contribution in [1.29, 1.82) is 0 Å². The van der Waals surface area contributed by atoms with Gasteiger partial charge in [0.1, 0.15) is 0 Å². The summed E-state index contributed by atoms with van der Waals surface area (Å²) in [6.45, 7) is 1.80. The molecule has 0 saturated heterocycles. The number of aromatic nitrogens is 2. The summed E-state index contributed by atoms with van der Waals surface area (Å²) in [5.41, 5.74) is 1.30. The molecule has 3 nitrogen and oxygen atoms in total. The zero-order valence-corrected chi connectivity index (χ0v) is 11.2. The molecule has 0 aliphatic carbocycles. The highest BCUT2D eigenvalue weighted by Crippen LogP contribution is 2.18. The summed E-state index contributed by atoms with van der Waals surface area (Å²) in [6, 6.07) is 8.31. The van der Waals surface area contributed by atoms with Crippen molar-refractivity contribution in [2.45, 2.75) is 18.4 Å². The molecule has 0 unspecified atom stereocenters. The number of hydrogen-bond acceptors (Lipinski definition) is 4. The Morgan fingerprint density at radius 1 is 1.19 bits per heavy atom. The van der Waals surface area contributed by atoms with Gasteiger partial charge in [-0.05, 0) is 17.7 Å². The van der Waals surface area contributed by atoms with Crippen molar-refractivity contribution in [2.75, 3.05) is 0 Å². The van der Waals surface area contributed by atoms with Crippen LogP contribution >= 0.6 is 27.7 Å². The van der Waals surface area contributed by atoms with Crippen molar-refractivity contribution in [3.63, 3.8) is 0 Å². The van der Waals surface area contributed by atoms with E-state index in [4.69, 9.17) is 4.42 Å². The van der Waals surface area contributed by atoms with Gasteiger partial charge in [-0.1, -0.05) is 28.1 Å². The summed E-state index contributed by atoms with van der Waals surface area (Å²) in [5.74, 6) is 3.03. The fourth-order valence-electron chi connectivity index (χ4n) is 1.23. The average molecular weight is 299 g/mol. The Morgan fingerprint density at radius 2 is 1.94 bits per heavy atom. The van der Waals surface area contributed by atoms with Crippen LogP contribution in [0.5, 0.6) is 0 Å². The second-order valence-corrected chi connectivity index (χ2v) is 5.24. The molecule has 2 rings (SSSR count). The first-order valence-corrected chi connectivity index (χ1v) is 6.80. The predicted octanol–water partition coefficient (Wildman–Crippen LogP) is 3.57. The molecular weight excluding hydrogens is 288 g/mol. The van der Waals surface area contributed by atoms with Crippen molar-refractivity contribution in [3.8, 4) is 0 Å². The average Bonchev–Trinajstić information content (AvgIpc) is 2.67. The van der Waals surface area contributed by atoms with Gasteiger partial charge in [0.2, 0.25) is 11.8 Å². The van der Waals surface area contributed by atoms with Gasteiger partial charge in [0.25, 0.3) is 0 Å². The zero-order chi connectivity index (χ0) is 11.4. The molecule has 1 aromatic carbocycles. The molecule has 0 spiro atoms. The number of rotatable bonds is 4. The first-order chi connectivity index (χ1) is 7.74. The molecule has 0 atom stereocenters. The van der Waals surface area contributed by atoms with E-state index in [1.54, 1.807) is 18.7 Å². The molecule has 1 aromatic heterocycles. The Kier molecular flexibility index (Phi) is 4.01. The van der Waals surface area contributed by atoms with Crippen LogP contribution in [0.15, 0.2) is 33.2 Å². The normalized spacial score (nSPS) is 10.6. The molecule has 0 radical (unpaired) electrons.